The molecule has 0 spiro atoms. The minimum Gasteiger partial charge on any atom is -0.486 e. The molecule has 37 heavy (non-hydrogen) atoms. The topological polar surface area (TPSA) is 135 Å². The third kappa shape index (κ3) is 5.45. The molecule has 0 unspecified atom stereocenters. The van der Waals surface area contributed by atoms with E-state index in [1.807, 2.05) is 17.0 Å². The number of nitrogens with one attached hydrogen (secondary N) is 2. The van der Waals surface area contributed by atoms with Crippen LogP contribution >= 0.6 is 0 Å². The van der Waals surface area contributed by atoms with Gasteiger partial charge in [0, 0.05) is 57.2 Å². The number of Topliss-reactive ketones (excluding diaryl/α,β-unsaturated/α-hetero) is 1. The number of hydrogen-bond donors (Lipinski definition) is 2. The highest BCUT2D eigenvalue weighted by atomic mass is 16.5. The highest BCUT2D eigenvalue weighted by Gasteiger charge is 2.23. The minimum absolute atomic E-state index is 0.0133. The summed E-state index contributed by atoms with van der Waals surface area (Å²) in [7, 11) is 0. The molecule has 2 aliphatic rings. The summed E-state index contributed by atoms with van der Waals surface area (Å²) in [6.45, 7) is 3.73. The first-order valence-corrected chi connectivity index (χ1v) is 12.3. The highest BCUT2D eigenvalue weighted by molar-refractivity contribution is 5.98. The molecule has 3 amide bonds. The van der Waals surface area contributed by atoms with Crippen molar-refractivity contribution in [1.29, 1.82) is 0 Å². The lowest BCUT2D eigenvalue weighted by Crippen LogP contribution is -2.40. The van der Waals surface area contributed by atoms with E-state index in [2.05, 4.69) is 20.7 Å². The molecule has 0 saturated carbocycles. The maximum Gasteiger partial charge on any atom is 0.270 e. The summed E-state index contributed by atoms with van der Waals surface area (Å²) in [4.78, 5) is 55.4. The number of fused-ring (bicyclic) bond motifs is 2. The molecule has 11 heteroatoms. The van der Waals surface area contributed by atoms with Crippen LogP contribution in [-0.2, 0) is 22.6 Å². The Morgan fingerprint density at radius 1 is 1.08 bits per heavy atom. The Kier molecular flexibility index (Phi) is 6.85. The number of ketones is 1. The quantitative estimate of drug-likeness (QED) is 0.514. The molecule has 0 bridgehead atoms. The average molecular weight is 505 g/mol. The number of hydrogen-bond acceptors (Lipinski definition) is 7. The van der Waals surface area contributed by atoms with Gasteiger partial charge in [0.15, 0.2) is 11.4 Å². The van der Waals surface area contributed by atoms with Crippen LogP contribution in [0.1, 0.15) is 51.9 Å². The fourth-order valence-corrected chi connectivity index (χ4v) is 4.69. The van der Waals surface area contributed by atoms with Gasteiger partial charge in [0.05, 0.1) is 6.20 Å². The Hall–Kier alpha value is -4.28. The zero-order valence-electron chi connectivity index (χ0n) is 20.5. The molecular formula is C26H28N6O5. The van der Waals surface area contributed by atoms with Crippen molar-refractivity contribution in [3.05, 3.63) is 59.0 Å². The number of carbonyl (C=O) groups is 4. The van der Waals surface area contributed by atoms with Gasteiger partial charge in [0.1, 0.15) is 23.7 Å². The highest BCUT2D eigenvalue weighted by Crippen LogP contribution is 2.24. The van der Waals surface area contributed by atoms with Crippen LogP contribution in [0.25, 0.3) is 5.65 Å². The van der Waals surface area contributed by atoms with Crippen molar-refractivity contribution in [2.24, 2.45) is 5.92 Å². The Morgan fingerprint density at radius 2 is 1.89 bits per heavy atom. The Morgan fingerprint density at radius 3 is 2.68 bits per heavy atom. The van der Waals surface area contributed by atoms with Crippen molar-refractivity contribution in [2.75, 3.05) is 26.2 Å². The summed E-state index contributed by atoms with van der Waals surface area (Å²) in [5, 5.41) is 9.96. The molecule has 5 rings (SSSR count). The van der Waals surface area contributed by atoms with Gasteiger partial charge >= 0.3 is 0 Å². The van der Waals surface area contributed by atoms with Crippen LogP contribution < -0.4 is 15.4 Å². The zero-order valence-corrected chi connectivity index (χ0v) is 20.5. The van der Waals surface area contributed by atoms with Gasteiger partial charge < -0.3 is 20.3 Å². The zero-order chi connectivity index (χ0) is 25.9. The number of likely N-dealkylation sites (tertiary alicyclic amines) is 1. The van der Waals surface area contributed by atoms with Crippen LogP contribution in [0.15, 0.2) is 36.5 Å². The molecule has 2 N–H and O–H groups in total. The molecule has 2 aliphatic heterocycles. The van der Waals surface area contributed by atoms with E-state index in [1.165, 1.54) is 16.8 Å². The molecule has 1 saturated heterocycles. The van der Waals surface area contributed by atoms with Gasteiger partial charge in [-0.25, -0.2) is 9.50 Å². The summed E-state index contributed by atoms with van der Waals surface area (Å²) in [6.07, 6.45) is 3.48. The van der Waals surface area contributed by atoms with E-state index < -0.39 is 5.91 Å². The summed E-state index contributed by atoms with van der Waals surface area (Å²) in [5.74, 6) is 0.260. The fraction of sp³-hybridized carbons (Fsp3) is 0.385. The van der Waals surface area contributed by atoms with Crippen LogP contribution in [0.4, 0.5) is 0 Å². The Balaban J connectivity index is 1.24. The smallest absolute Gasteiger partial charge is 0.270 e. The molecule has 4 heterocycles. The number of nitrogens with zero attached hydrogens (tertiary/aromatic N) is 4. The SMILES string of the molecule is CC(=O)N1CCC(CNC(=O)c2cc(C(=O)NCc3ccc4c(c3)CC(=O)CO4)nc3ccnn23)CC1. The molecule has 2 aromatic heterocycles. The van der Waals surface area contributed by atoms with Gasteiger partial charge in [0.25, 0.3) is 11.8 Å². The number of carbonyl (C=O) groups excluding carboxylic acids is 4. The molecule has 0 radical (unpaired) electrons. The first-order valence-electron chi connectivity index (χ1n) is 12.3. The maximum atomic E-state index is 13.1. The van der Waals surface area contributed by atoms with Crippen LogP contribution in [0.5, 0.6) is 5.75 Å². The summed E-state index contributed by atoms with van der Waals surface area (Å²) < 4.78 is 6.83. The van der Waals surface area contributed by atoms with Gasteiger partial charge in [-0.05, 0) is 36.5 Å². The molecule has 0 atom stereocenters. The maximum absolute atomic E-state index is 13.1. The second kappa shape index (κ2) is 10.4. The second-order valence-corrected chi connectivity index (χ2v) is 9.42. The molecular weight excluding hydrogens is 476 g/mol. The minimum atomic E-state index is -0.431. The Bertz CT molecular complexity index is 1380. The molecule has 1 fully saturated rings. The van der Waals surface area contributed by atoms with Crippen molar-refractivity contribution in [3.63, 3.8) is 0 Å². The lowest BCUT2D eigenvalue weighted by molar-refractivity contribution is -0.130. The predicted molar refractivity (Wildman–Crippen MR) is 132 cm³/mol. The van der Waals surface area contributed by atoms with Crippen molar-refractivity contribution in [1.82, 2.24) is 30.1 Å². The normalized spacial score (nSPS) is 15.7. The summed E-state index contributed by atoms with van der Waals surface area (Å²) >= 11 is 0. The number of rotatable bonds is 6. The molecule has 3 aromatic rings. The van der Waals surface area contributed by atoms with Crippen LogP contribution in [-0.4, -0.2) is 69.2 Å². The second-order valence-electron chi connectivity index (χ2n) is 9.42. The van der Waals surface area contributed by atoms with Crippen LogP contribution in [0.3, 0.4) is 0 Å². The van der Waals surface area contributed by atoms with E-state index >= 15 is 0 Å². The van der Waals surface area contributed by atoms with Gasteiger partial charge in [0.2, 0.25) is 5.91 Å². The monoisotopic (exact) mass is 504 g/mol. The standard InChI is InChI=1S/C26H28N6O5/c1-16(33)31-8-5-17(6-9-31)13-28-26(36)22-12-21(30-24-4-7-29-32(22)24)25(35)27-14-18-2-3-23-19(10-18)11-20(34)15-37-23/h2-4,7,10,12,17H,5-6,8-9,11,13-15H2,1H3,(H,27,35)(H,28,36). The largest absolute Gasteiger partial charge is 0.486 e. The predicted octanol–water partition coefficient (Wildman–Crippen LogP) is 1.15. The third-order valence-corrected chi connectivity index (χ3v) is 6.79. The number of aromatic nitrogens is 3. The first kappa shape index (κ1) is 24.4. The summed E-state index contributed by atoms with van der Waals surface area (Å²) in [5.41, 5.74) is 2.32. The third-order valence-electron chi connectivity index (χ3n) is 6.79. The van der Waals surface area contributed by atoms with Gasteiger partial charge in [-0.1, -0.05) is 6.07 Å². The number of benzene rings is 1. The van der Waals surface area contributed by atoms with Gasteiger partial charge in [-0.15, -0.1) is 0 Å². The van der Waals surface area contributed by atoms with Gasteiger partial charge in [-0.2, -0.15) is 5.10 Å². The van der Waals surface area contributed by atoms with Crippen molar-refractivity contribution in [2.45, 2.75) is 32.7 Å². The number of piperidine rings is 1. The number of amides is 3. The molecule has 192 valence electrons. The van der Waals surface area contributed by atoms with Crippen molar-refractivity contribution < 1.29 is 23.9 Å². The first-order chi connectivity index (χ1) is 17.9. The lowest BCUT2D eigenvalue weighted by Gasteiger charge is -2.31. The van der Waals surface area contributed by atoms with E-state index in [-0.39, 0.29) is 48.1 Å². The number of ether oxygens (including phenoxy) is 1. The molecule has 0 aliphatic carbocycles. The van der Waals surface area contributed by atoms with Crippen LogP contribution in [0.2, 0.25) is 0 Å². The molecule has 1 aromatic carbocycles. The van der Waals surface area contributed by atoms with Crippen molar-refractivity contribution >= 4 is 29.2 Å². The van der Waals surface area contributed by atoms with E-state index in [9.17, 15) is 19.2 Å². The van der Waals surface area contributed by atoms with E-state index in [1.54, 1.807) is 19.1 Å². The molecule has 11 nitrogen and oxygen atoms in total. The summed E-state index contributed by atoms with van der Waals surface area (Å²) in [6, 6.07) is 8.54. The van der Waals surface area contributed by atoms with Crippen molar-refractivity contribution in [3.8, 4) is 5.75 Å². The average Bonchev–Trinajstić information content (AvgIpc) is 3.38. The van der Waals surface area contributed by atoms with E-state index in [4.69, 9.17) is 4.74 Å². The van der Waals surface area contributed by atoms with Gasteiger partial charge in [-0.3, -0.25) is 19.2 Å². The lowest BCUT2D eigenvalue weighted by atomic mass is 9.97. The van der Waals surface area contributed by atoms with E-state index in [0.29, 0.717) is 37.5 Å². The van der Waals surface area contributed by atoms with Crippen LogP contribution in [0, 0.1) is 5.92 Å². The Labute approximate surface area is 213 Å². The van der Waals surface area contributed by atoms with E-state index in [0.717, 1.165) is 24.0 Å². The fourth-order valence-electron chi connectivity index (χ4n) is 4.69.